The summed E-state index contributed by atoms with van der Waals surface area (Å²) in [5.74, 6) is -0.126. The molecular formula is C14H19FN2. The molecule has 2 aliphatic rings. The minimum atomic E-state index is -0.126. The van der Waals surface area contributed by atoms with E-state index in [2.05, 4.69) is 9.80 Å². The first-order valence-corrected chi connectivity index (χ1v) is 6.52. The molecule has 17 heavy (non-hydrogen) atoms. The van der Waals surface area contributed by atoms with Crippen molar-refractivity contribution in [1.82, 2.24) is 9.80 Å². The molecule has 3 rings (SSSR count). The summed E-state index contributed by atoms with van der Waals surface area (Å²) in [5.41, 5.74) is 1.09. The summed E-state index contributed by atoms with van der Waals surface area (Å²) in [7, 11) is 0. The molecule has 92 valence electrons. The van der Waals surface area contributed by atoms with Gasteiger partial charge in [-0.3, -0.25) is 9.80 Å². The zero-order valence-electron chi connectivity index (χ0n) is 10.1. The summed E-state index contributed by atoms with van der Waals surface area (Å²) >= 11 is 0. The maximum Gasteiger partial charge on any atom is 0.123 e. The molecule has 0 unspecified atom stereocenters. The quantitative estimate of drug-likeness (QED) is 0.790. The molecule has 0 atom stereocenters. The van der Waals surface area contributed by atoms with Gasteiger partial charge in [-0.25, -0.2) is 4.39 Å². The first-order chi connectivity index (χ1) is 8.31. The van der Waals surface area contributed by atoms with E-state index in [0.717, 1.165) is 31.2 Å². The molecule has 1 aliphatic carbocycles. The van der Waals surface area contributed by atoms with Gasteiger partial charge in [0.25, 0.3) is 0 Å². The molecular weight excluding hydrogens is 215 g/mol. The first-order valence-electron chi connectivity index (χ1n) is 6.52. The lowest BCUT2D eigenvalue weighted by atomic mass is 10.2. The highest BCUT2D eigenvalue weighted by molar-refractivity contribution is 5.16. The van der Waals surface area contributed by atoms with Gasteiger partial charge in [0.15, 0.2) is 0 Å². The van der Waals surface area contributed by atoms with Crippen LogP contribution < -0.4 is 0 Å². The van der Waals surface area contributed by atoms with Gasteiger partial charge in [-0.1, -0.05) is 12.1 Å². The Morgan fingerprint density at radius 2 is 1.88 bits per heavy atom. The highest BCUT2D eigenvalue weighted by atomic mass is 19.1. The normalized spacial score (nSPS) is 22.9. The van der Waals surface area contributed by atoms with Crippen molar-refractivity contribution >= 4 is 0 Å². The van der Waals surface area contributed by atoms with E-state index in [1.54, 1.807) is 12.1 Å². The van der Waals surface area contributed by atoms with E-state index in [0.29, 0.717) is 0 Å². The third kappa shape index (κ3) is 2.85. The van der Waals surface area contributed by atoms with E-state index in [4.69, 9.17) is 0 Å². The Morgan fingerprint density at radius 3 is 2.53 bits per heavy atom. The van der Waals surface area contributed by atoms with E-state index in [9.17, 15) is 4.39 Å². The van der Waals surface area contributed by atoms with Crippen LogP contribution in [0.25, 0.3) is 0 Å². The van der Waals surface area contributed by atoms with Gasteiger partial charge in [-0.2, -0.15) is 0 Å². The van der Waals surface area contributed by atoms with Crippen LogP contribution in [-0.2, 0) is 6.54 Å². The molecule has 0 amide bonds. The predicted octanol–water partition coefficient (Wildman–Crippen LogP) is 2.11. The average Bonchev–Trinajstić information content (AvgIpc) is 3.14. The molecule has 0 spiro atoms. The fourth-order valence-electron chi connectivity index (χ4n) is 2.62. The number of benzene rings is 1. The number of hydrogen-bond donors (Lipinski definition) is 0. The third-order valence-electron chi connectivity index (χ3n) is 3.77. The minimum absolute atomic E-state index is 0.126. The fourth-order valence-corrected chi connectivity index (χ4v) is 2.62. The summed E-state index contributed by atoms with van der Waals surface area (Å²) in [6.45, 7) is 5.48. The van der Waals surface area contributed by atoms with Crippen LogP contribution in [0.5, 0.6) is 0 Å². The number of nitrogens with zero attached hydrogens (tertiary/aromatic N) is 2. The van der Waals surface area contributed by atoms with Gasteiger partial charge in [-0.15, -0.1) is 0 Å². The Labute approximate surface area is 102 Å². The fraction of sp³-hybridized carbons (Fsp3) is 0.571. The summed E-state index contributed by atoms with van der Waals surface area (Å²) in [6.07, 6.45) is 2.79. The first kappa shape index (κ1) is 11.2. The van der Waals surface area contributed by atoms with Gasteiger partial charge in [0.2, 0.25) is 0 Å². The maximum atomic E-state index is 13.1. The third-order valence-corrected chi connectivity index (χ3v) is 3.77. The largest absolute Gasteiger partial charge is 0.298 e. The summed E-state index contributed by atoms with van der Waals surface area (Å²) < 4.78 is 13.1. The zero-order valence-corrected chi connectivity index (χ0v) is 10.1. The molecule has 3 heteroatoms. The van der Waals surface area contributed by atoms with Crippen LogP contribution in [0, 0.1) is 5.82 Å². The molecule has 2 nitrogen and oxygen atoms in total. The molecule has 2 fully saturated rings. The van der Waals surface area contributed by atoms with Crippen LogP contribution in [0.3, 0.4) is 0 Å². The van der Waals surface area contributed by atoms with E-state index in [1.165, 1.54) is 32.0 Å². The highest BCUT2D eigenvalue weighted by Gasteiger charge is 2.30. The van der Waals surface area contributed by atoms with Crippen LogP contribution in [0.4, 0.5) is 4.39 Å². The molecule has 0 bridgehead atoms. The van der Waals surface area contributed by atoms with E-state index in [-0.39, 0.29) is 5.82 Å². The van der Waals surface area contributed by atoms with Gasteiger partial charge in [0.05, 0.1) is 0 Å². The molecule has 1 aromatic carbocycles. The summed E-state index contributed by atoms with van der Waals surface area (Å²) in [4.78, 5) is 5.02. The second-order valence-corrected chi connectivity index (χ2v) is 5.17. The SMILES string of the molecule is Fc1cccc(CN2CCN(C3CC3)CC2)c1. The predicted molar refractivity (Wildman–Crippen MR) is 66.3 cm³/mol. The molecule has 0 N–H and O–H groups in total. The van der Waals surface area contributed by atoms with E-state index in [1.807, 2.05) is 6.07 Å². The zero-order chi connectivity index (χ0) is 11.7. The molecule has 1 aromatic rings. The van der Waals surface area contributed by atoms with E-state index >= 15 is 0 Å². The number of halogens is 1. The molecule has 1 heterocycles. The van der Waals surface area contributed by atoms with Crippen molar-refractivity contribution in [2.75, 3.05) is 26.2 Å². The van der Waals surface area contributed by atoms with Gasteiger partial charge < -0.3 is 0 Å². The van der Waals surface area contributed by atoms with Crippen LogP contribution in [-0.4, -0.2) is 42.0 Å². The van der Waals surface area contributed by atoms with Crippen molar-refractivity contribution in [2.45, 2.75) is 25.4 Å². The smallest absolute Gasteiger partial charge is 0.123 e. The lowest BCUT2D eigenvalue weighted by molar-refractivity contribution is 0.121. The van der Waals surface area contributed by atoms with Crippen molar-refractivity contribution in [2.24, 2.45) is 0 Å². The molecule has 1 saturated heterocycles. The Bertz CT molecular complexity index is 382. The summed E-state index contributed by atoms with van der Waals surface area (Å²) in [5, 5.41) is 0. The van der Waals surface area contributed by atoms with Crippen LogP contribution >= 0.6 is 0 Å². The van der Waals surface area contributed by atoms with Gasteiger partial charge in [0, 0.05) is 38.8 Å². The van der Waals surface area contributed by atoms with Crippen LogP contribution in [0.15, 0.2) is 24.3 Å². The molecule has 0 aromatic heterocycles. The molecule has 1 aliphatic heterocycles. The van der Waals surface area contributed by atoms with Gasteiger partial charge >= 0.3 is 0 Å². The number of rotatable bonds is 3. The van der Waals surface area contributed by atoms with Crippen molar-refractivity contribution in [1.29, 1.82) is 0 Å². The van der Waals surface area contributed by atoms with Gasteiger partial charge in [-0.05, 0) is 30.5 Å². The van der Waals surface area contributed by atoms with Crippen LogP contribution in [0.2, 0.25) is 0 Å². The maximum absolute atomic E-state index is 13.1. The Kier molecular flexibility index (Phi) is 3.12. The standard InChI is InChI=1S/C14H19FN2/c15-13-3-1-2-12(10-13)11-16-6-8-17(9-7-16)14-4-5-14/h1-3,10,14H,4-9,11H2. The van der Waals surface area contributed by atoms with Crippen molar-refractivity contribution in [3.8, 4) is 0 Å². The summed E-state index contributed by atoms with van der Waals surface area (Å²) in [6, 6.07) is 7.84. The van der Waals surface area contributed by atoms with Gasteiger partial charge in [0.1, 0.15) is 5.82 Å². The second-order valence-electron chi connectivity index (χ2n) is 5.17. The number of piperazine rings is 1. The van der Waals surface area contributed by atoms with Crippen molar-refractivity contribution < 1.29 is 4.39 Å². The number of hydrogen-bond acceptors (Lipinski definition) is 2. The molecule has 1 saturated carbocycles. The Hall–Kier alpha value is -0.930. The second kappa shape index (κ2) is 4.75. The monoisotopic (exact) mass is 234 g/mol. The minimum Gasteiger partial charge on any atom is -0.298 e. The Balaban J connectivity index is 1.53. The van der Waals surface area contributed by atoms with Crippen molar-refractivity contribution in [3.05, 3.63) is 35.6 Å². The lowest BCUT2D eigenvalue weighted by Gasteiger charge is -2.34. The lowest BCUT2D eigenvalue weighted by Crippen LogP contribution is -2.46. The van der Waals surface area contributed by atoms with Crippen LogP contribution in [0.1, 0.15) is 18.4 Å². The topological polar surface area (TPSA) is 6.48 Å². The highest BCUT2D eigenvalue weighted by Crippen LogP contribution is 2.27. The average molecular weight is 234 g/mol. The molecule has 0 radical (unpaired) electrons. The van der Waals surface area contributed by atoms with Crippen molar-refractivity contribution in [3.63, 3.8) is 0 Å². The van der Waals surface area contributed by atoms with E-state index < -0.39 is 0 Å². The Morgan fingerprint density at radius 1 is 1.12 bits per heavy atom.